The number of ether oxygens (including phenoxy) is 1. The molecule has 0 saturated heterocycles. The zero-order chi connectivity index (χ0) is 15.1. The molecule has 0 spiro atoms. The third kappa shape index (κ3) is 2.13. The average molecular weight is 332 g/mol. The number of imidazole rings is 1. The van der Waals surface area contributed by atoms with Crippen LogP contribution < -0.4 is 4.74 Å². The third-order valence-corrected chi connectivity index (χ3v) is 3.53. The van der Waals surface area contributed by atoms with Gasteiger partial charge in [0.25, 0.3) is 0 Å². The Balaban J connectivity index is 1.87. The smallest absolute Gasteiger partial charge is 0.225 e. The lowest BCUT2D eigenvalue weighted by Gasteiger charge is -2.10. The van der Waals surface area contributed by atoms with Crippen LogP contribution in [0.5, 0.6) is 5.75 Å². The molecule has 0 fully saturated rings. The van der Waals surface area contributed by atoms with Crippen LogP contribution in [-0.2, 0) is 0 Å². The van der Waals surface area contributed by atoms with Crippen molar-refractivity contribution < 1.29 is 4.74 Å². The molecule has 0 unspecified atom stereocenters. The summed E-state index contributed by atoms with van der Waals surface area (Å²) in [6.07, 6.45) is 4.83. The summed E-state index contributed by atoms with van der Waals surface area (Å²) in [4.78, 5) is 16.5. The number of hydrogen-bond donors (Lipinski definition) is 0. The van der Waals surface area contributed by atoms with Gasteiger partial charge in [-0.25, -0.2) is 9.97 Å². The van der Waals surface area contributed by atoms with Crippen LogP contribution in [0.25, 0.3) is 17.0 Å². The lowest BCUT2D eigenvalue weighted by molar-refractivity contribution is 0.480. The van der Waals surface area contributed by atoms with Gasteiger partial charge in [-0.2, -0.15) is 4.98 Å². The maximum absolute atomic E-state index is 6.03. The van der Waals surface area contributed by atoms with Gasteiger partial charge in [0.1, 0.15) is 17.6 Å². The third-order valence-electron chi connectivity index (χ3n) is 3.10. The molecule has 2 aromatic heterocycles. The van der Waals surface area contributed by atoms with Gasteiger partial charge in [0, 0.05) is 11.8 Å². The number of benzene rings is 1. The predicted octanol–water partition coefficient (Wildman–Crippen LogP) is 3.40. The number of aromatic nitrogens is 4. The molecule has 0 aliphatic carbocycles. The number of hydrogen-bond acceptors (Lipinski definition) is 5. The molecule has 3 heterocycles. The fourth-order valence-corrected chi connectivity index (χ4v) is 2.53. The fraction of sp³-hybridized carbons (Fsp3) is 0. The van der Waals surface area contributed by atoms with E-state index in [2.05, 4.69) is 19.9 Å². The molecule has 0 saturated carbocycles. The number of fused-ring (bicyclic) bond motifs is 2. The molecule has 108 valence electrons. The van der Waals surface area contributed by atoms with E-state index >= 15 is 0 Å². The minimum absolute atomic E-state index is 0.0392. The first-order chi connectivity index (χ1) is 10.7. The monoisotopic (exact) mass is 331 g/mol. The molecule has 4 rings (SSSR count). The Morgan fingerprint density at radius 2 is 1.95 bits per heavy atom. The summed E-state index contributed by atoms with van der Waals surface area (Å²) in [5.41, 5.74) is 1.77. The summed E-state index contributed by atoms with van der Waals surface area (Å²) in [6.45, 7) is 0. The summed E-state index contributed by atoms with van der Waals surface area (Å²) >= 11 is 11.9. The molecule has 0 amide bonds. The van der Waals surface area contributed by atoms with Gasteiger partial charge in [-0.3, -0.25) is 9.56 Å². The second-order valence-corrected chi connectivity index (χ2v) is 5.15. The highest BCUT2D eigenvalue weighted by molar-refractivity contribution is 6.35. The summed E-state index contributed by atoms with van der Waals surface area (Å²) < 4.78 is 7.52. The van der Waals surface area contributed by atoms with Gasteiger partial charge in [-0.05, 0) is 23.7 Å². The molecule has 1 aromatic carbocycles. The van der Waals surface area contributed by atoms with Crippen molar-refractivity contribution in [2.45, 2.75) is 0 Å². The van der Waals surface area contributed by atoms with E-state index in [1.165, 1.54) is 6.33 Å². The molecular formula is C14H7Cl2N5O. The fourth-order valence-electron chi connectivity index (χ4n) is 2.11. The predicted molar refractivity (Wildman–Crippen MR) is 84.3 cm³/mol. The zero-order valence-electron chi connectivity index (χ0n) is 10.9. The molecule has 22 heavy (non-hydrogen) atoms. The first-order valence-corrected chi connectivity index (χ1v) is 7.04. The Bertz CT molecular complexity index is 948. The van der Waals surface area contributed by atoms with Crippen LogP contribution in [0, 0.1) is 0 Å². The van der Waals surface area contributed by atoms with Crippen LogP contribution in [0.3, 0.4) is 0 Å². The molecule has 8 heteroatoms. The second-order valence-electron chi connectivity index (χ2n) is 4.46. The van der Waals surface area contributed by atoms with Crippen molar-refractivity contribution in [3.63, 3.8) is 0 Å². The van der Waals surface area contributed by atoms with Crippen LogP contribution in [0.15, 0.2) is 41.8 Å². The first-order valence-electron chi connectivity index (χ1n) is 6.29. The number of nitrogens with zero attached hydrogens (tertiary/aromatic N) is 5. The van der Waals surface area contributed by atoms with E-state index in [9.17, 15) is 0 Å². The molecular weight excluding hydrogens is 325 g/mol. The topological polar surface area (TPSA) is 65.2 Å². The summed E-state index contributed by atoms with van der Waals surface area (Å²) in [5.74, 6) is 1.12. The van der Waals surface area contributed by atoms with E-state index in [4.69, 9.17) is 27.9 Å². The largest absolute Gasteiger partial charge is 0.438 e. The van der Waals surface area contributed by atoms with Crippen molar-refractivity contribution in [1.29, 1.82) is 0 Å². The van der Waals surface area contributed by atoms with Gasteiger partial charge in [0.15, 0.2) is 10.8 Å². The minimum atomic E-state index is 0.0392. The SMILES string of the molecule is Clc1nc(Cl)c2ncn(C3=CN=Cc4ccccc4O3)c2n1. The molecule has 0 atom stereocenters. The van der Waals surface area contributed by atoms with Crippen molar-refractivity contribution in [2.24, 2.45) is 4.99 Å². The van der Waals surface area contributed by atoms with Crippen molar-refractivity contribution in [1.82, 2.24) is 19.5 Å². The van der Waals surface area contributed by atoms with Crippen molar-refractivity contribution in [3.8, 4) is 5.75 Å². The lowest BCUT2D eigenvalue weighted by atomic mass is 10.2. The normalized spacial score (nSPS) is 13.5. The first kappa shape index (κ1) is 13.2. The Morgan fingerprint density at radius 3 is 2.86 bits per heavy atom. The van der Waals surface area contributed by atoms with Crippen LogP contribution >= 0.6 is 23.2 Å². The Morgan fingerprint density at radius 1 is 1.09 bits per heavy atom. The molecule has 0 N–H and O–H groups in total. The minimum Gasteiger partial charge on any atom is -0.438 e. The van der Waals surface area contributed by atoms with E-state index in [0.717, 1.165) is 5.56 Å². The highest BCUT2D eigenvalue weighted by atomic mass is 35.5. The molecule has 0 bridgehead atoms. The van der Waals surface area contributed by atoms with Gasteiger partial charge >= 0.3 is 0 Å². The van der Waals surface area contributed by atoms with Crippen molar-refractivity contribution >= 4 is 46.5 Å². The summed E-state index contributed by atoms with van der Waals surface area (Å²) in [7, 11) is 0. The van der Waals surface area contributed by atoms with E-state index < -0.39 is 0 Å². The van der Waals surface area contributed by atoms with Gasteiger partial charge < -0.3 is 4.74 Å². The van der Waals surface area contributed by atoms with Crippen LogP contribution in [-0.4, -0.2) is 25.7 Å². The molecule has 1 aliphatic rings. The quantitative estimate of drug-likeness (QED) is 0.506. The highest BCUT2D eigenvalue weighted by Crippen LogP contribution is 2.27. The molecule has 6 nitrogen and oxygen atoms in total. The second kappa shape index (κ2) is 5.08. The lowest BCUT2D eigenvalue weighted by Crippen LogP contribution is -2.04. The van der Waals surface area contributed by atoms with Crippen LogP contribution in [0.2, 0.25) is 10.4 Å². The highest BCUT2D eigenvalue weighted by Gasteiger charge is 2.16. The Hall–Kier alpha value is -2.44. The molecule has 1 aliphatic heterocycles. The van der Waals surface area contributed by atoms with Crippen LogP contribution in [0.1, 0.15) is 5.56 Å². The van der Waals surface area contributed by atoms with Gasteiger partial charge in [0.05, 0.1) is 6.20 Å². The number of halogens is 2. The van der Waals surface area contributed by atoms with Crippen LogP contribution in [0.4, 0.5) is 0 Å². The number of aliphatic imine (C=N–C) groups is 1. The van der Waals surface area contributed by atoms with E-state index in [-0.39, 0.29) is 10.4 Å². The Kier molecular flexibility index (Phi) is 3.06. The Labute approximate surface area is 134 Å². The summed E-state index contributed by atoms with van der Waals surface area (Å²) in [5, 5.41) is 0.226. The van der Waals surface area contributed by atoms with Crippen molar-refractivity contribution in [2.75, 3.05) is 0 Å². The van der Waals surface area contributed by atoms with Gasteiger partial charge in [0.2, 0.25) is 11.2 Å². The standard InChI is InChI=1S/C14H7Cl2N5O/c15-12-11-13(20-14(16)19-12)21(7-18-11)10-6-17-5-8-3-1-2-4-9(8)22-10/h1-7H. The van der Waals surface area contributed by atoms with Gasteiger partial charge in [-0.15, -0.1) is 0 Å². The summed E-state index contributed by atoms with van der Waals surface area (Å²) in [6, 6.07) is 7.57. The van der Waals surface area contributed by atoms with Gasteiger partial charge in [-0.1, -0.05) is 23.7 Å². The van der Waals surface area contributed by atoms with E-state index in [0.29, 0.717) is 22.8 Å². The van der Waals surface area contributed by atoms with E-state index in [1.54, 1.807) is 17.0 Å². The zero-order valence-corrected chi connectivity index (χ0v) is 12.5. The molecule has 0 radical (unpaired) electrons. The molecule has 3 aromatic rings. The average Bonchev–Trinajstić information content (AvgIpc) is 2.80. The number of para-hydroxylation sites is 1. The van der Waals surface area contributed by atoms with Crippen molar-refractivity contribution in [3.05, 3.63) is 52.8 Å². The number of rotatable bonds is 1. The maximum Gasteiger partial charge on any atom is 0.225 e. The van der Waals surface area contributed by atoms with E-state index in [1.807, 2.05) is 24.3 Å². The maximum atomic E-state index is 6.03.